The lowest BCUT2D eigenvalue weighted by Gasteiger charge is -1.73. The Balaban J connectivity index is 0.000000371. The molecule has 0 N–H and O–H groups in total. The van der Waals surface area contributed by atoms with Gasteiger partial charge in [0.15, 0.2) is 5.82 Å². The summed E-state index contributed by atoms with van der Waals surface area (Å²) in [5.41, 5.74) is 0. The van der Waals surface area contributed by atoms with Crippen molar-refractivity contribution < 1.29 is 4.52 Å². The van der Waals surface area contributed by atoms with Gasteiger partial charge in [0.05, 0.1) is 0 Å². The molecule has 1 aromatic rings. The molecule has 58 valence electrons. The number of hydrogen-bond donors (Lipinski definition) is 0. The third-order valence-corrected chi connectivity index (χ3v) is 0.886. The van der Waals surface area contributed by atoms with Crippen LogP contribution in [-0.4, -0.2) is 10.1 Å². The third kappa shape index (κ3) is 2.62. The predicted molar refractivity (Wildman–Crippen MR) is 39.8 cm³/mol. The van der Waals surface area contributed by atoms with Crippen molar-refractivity contribution >= 4 is 0 Å². The van der Waals surface area contributed by atoms with E-state index in [9.17, 15) is 0 Å². The van der Waals surface area contributed by atoms with Crippen LogP contribution < -0.4 is 0 Å². The zero-order valence-corrected chi connectivity index (χ0v) is 7.01. The Kier molecular flexibility index (Phi) is 4.54. The number of hydrogen-bond acceptors (Lipinski definition) is 3. The van der Waals surface area contributed by atoms with E-state index in [4.69, 9.17) is 4.52 Å². The molecule has 0 aliphatic rings. The molecule has 1 rings (SSSR count). The van der Waals surface area contributed by atoms with Crippen molar-refractivity contribution in [3.63, 3.8) is 0 Å². The van der Waals surface area contributed by atoms with Crippen LogP contribution in [0.4, 0.5) is 0 Å². The van der Waals surface area contributed by atoms with Gasteiger partial charge in [0.2, 0.25) is 5.89 Å². The first-order valence-electron chi connectivity index (χ1n) is 3.62. The van der Waals surface area contributed by atoms with E-state index in [1.54, 1.807) is 6.92 Å². The molecule has 1 heterocycles. The second kappa shape index (κ2) is 4.97. The van der Waals surface area contributed by atoms with E-state index in [2.05, 4.69) is 10.1 Å². The minimum Gasteiger partial charge on any atom is -0.340 e. The molecule has 0 unspecified atom stereocenters. The quantitative estimate of drug-likeness (QED) is 0.601. The van der Waals surface area contributed by atoms with Gasteiger partial charge in [-0.15, -0.1) is 0 Å². The van der Waals surface area contributed by atoms with Crippen LogP contribution in [0.15, 0.2) is 4.52 Å². The van der Waals surface area contributed by atoms with E-state index in [1.807, 2.05) is 20.8 Å². The Labute approximate surface area is 61.4 Å². The Morgan fingerprint density at radius 2 is 2.00 bits per heavy atom. The van der Waals surface area contributed by atoms with E-state index < -0.39 is 0 Å². The van der Waals surface area contributed by atoms with Crippen LogP contribution in [0.25, 0.3) is 0 Å². The Morgan fingerprint density at radius 1 is 1.40 bits per heavy atom. The van der Waals surface area contributed by atoms with Crippen molar-refractivity contribution in [2.24, 2.45) is 0 Å². The summed E-state index contributed by atoms with van der Waals surface area (Å²) in [5, 5.41) is 3.65. The molecule has 0 saturated carbocycles. The first-order valence-corrected chi connectivity index (χ1v) is 3.62. The summed E-state index contributed by atoms with van der Waals surface area (Å²) in [6, 6.07) is 0. The van der Waals surface area contributed by atoms with Gasteiger partial charge in [-0.25, -0.2) is 0 Å². The summed E-state index contributed by atoms with van der Waals surface area (Å²) < 4.78 is 4.69. The predicted octanol–water partition coefficient (Wildman–Crippen LogP) is 1.97. The fourth-order valence-electron chi connectivity index (χ4n) is 0.485. The minimum absolute atomic E-state index is 0.641. The van der Waals surface area contributed by atoms with Crippen molar-refractivity contribution in [2.45, 2.75) is 34.1 Å². The van der Waals surface area contributed by atoms with E-state index in [0.29, 0.717) is 5.89 Å². The van der Waals surface area contributed by atoms with Gasteiger partial charge < -0.3 is 4.52 Å². The lowest BCUT2D eigenvalue weighted by atomic mass is 10.5. The van der Waals surface area contributed by atoms with E-state index in [-0.39, 0.29) is 0 Å². The van der Waals surface area contributed by atoms with Crippen LogP contribution in [0.1, 0.15) is 32.5 Å². The Morgan fingerprint density at radius 3 is 2.20 bits per heavy atom. The number of aromatic nitrogens is 2. The highest BCUT2D eigenvalue weighted by atomic mass is 16.5. The SMILES string of the molecule is CC.CCc1noc(C)n1. The smallest absolute Gasteiger partial charge is 0.223 e. The fourth-order valence-corrected chi connectivity index (χ4v) is 0.485. The average Bonchev–Trinajstić information content (AvgIpc) is 2.40. The second-order valence-electron chi connectivity index (χ2n) is 1.58. The van der Waals surface area contributed by atoms with Crippen LogP contribution in [-0.2, 0) is 6.42 Å². The van der Waals surface area contributed by atoms with E-state index in [1.165, 1.54) is 0 Å². The normalized spacial score (nSPS) is 8.40. The summed E-state index contributed by atoms with van der Waals surface area (Å²) in [7, 11) is 0. The maximum atomic E-state index is 4.69. The zero-order valence-electron chi connectivity index (χ0n) is 7.01. The van der Waals surface area contributed by atoms with Gasteiger partial charge in [-0.2, -0.15) is 4.98 Å². The molecule has 0 aliphatic carbocycles. The van der Waals surface area contributed by atoms with Crippen molar-refractivity contribution in [1.82, 2.24) is 10.1 Å². The molecule has 3 nitrogen and oxygen atoms in total. The van der Waals surface area contributed by atoms with E-state index in [0.717, 1.165) is 12.2 Å². The first-order chi connectivity index (χ1) is 4.83. The van der Waals surface area contributed by atoms with Crippen molar-refractivity contribution in [1.29, 1.82) is 0 Å². The molecule has 0 amide bonds. The monoisotopic (exact) mass is 142 g/mol. The molecular weight excluding hydrogens is 128 g/mol. The van der Waals surface area contributed by atoms with Gasteiger partial charge in [0, 0.05) is 13.3 Å². The van der Waals surface area contributed by atoms with Crippen LogP contribution >= 0.6 is 0 Å². The molecule has 0 aromatic carbocycles. The first kappa shape index (κ1) is 9.14. The standard InChI is InChI=1S/C5H8N2O.C2H6/c1-3-5-6-4(2)8-7-5;1-2/h3H2,1-2H3;1-2H3. The van der Waals surface area contributed by atoms with Crippen LogP contribution in [0.2, 0.25) is 0 Å². The van der Waals surface area contributed by atoms with Crippen molar-refractivity contribution in [2.75, 3.05) is 0 Å². The Bertz CT molecular complexity index is 172. The summed E-state index contributed by atoms with van der Waals surface area (Å²) in [5.74, 6) is 1.42. The van der Waals surface area contributed by atoms with Gasteiger partial charge in [0.25, 0.3) is 0 Å². The maximum absolute atomic E-state index is 4.69. The lowest BCUT2D eigenvalue weighted by molar-refractivity contribution is 0.388. The highest BCUT2D eigenvalue weighted by Gasteiger charge is 1.95. The highest BCUT2D eigenvalue weighted by Crippen LogP contribution is 1.93. The lowest BCUT2D eigenvalue weighted by Crippen LogP contribution is -1.80. The Hall–Kier alpha value is -0.860. The third-order valence-electron chi connectivity index (χ3n) is 0.886. The largest absolute Gasteiger partial charge is 0.340 e. The summed E-state index contributed by atoms with van der Waals surface area (Å²) >= 11 is 0. The van der Waals surface area contributed by atoms with Gasteiger partial charge in [-0.3, -0.25) is 0 Å². The van der Waals surface area contributed by atoms with Gasteiger partial charge >= 0.3 is 0 Å². The molecule has 0 atom stereocenters. The maximum Gasteiger partial charge on any atom is 0.223 e. The van der Waals surface area contributed by atoms with Crippen molar-refractivity contribution in [3.05, 3.63) is 11.7 Å². The summed E-state index contributed by atoms with van der Waals surface area (Å²) in [6.07, 6.45) is 0.845. The second-order valence-corrected chi connectivity index (χ2v) is 1.58. The number of rotatable bonds is 1. The molecule has 0 spiro atoms. The fraction of sp³-hybridized carbons (Fsp3) is 0.714. The molecule has 0 radical (unpaired) electrons. The molecule has 0 bridgehead atoms. The van der Waals surface area contributed by atoms with E-state index >= 15 is 0 Å². The van der Waals surface area contributed by atoms with Crippen LogP contribution in [0.3, 0.4) is 0 Å². The molecule has 0 saturated heterocycles. The average molecular weight is 142 g/mol. The number of nitrogens with zero attached hydrogens (tertiary/aromatic N) is 2. The summed E-state index contributed by atoms with van der Waals surface area (Å²) in [6.45, 7) is 7.77. The highest BCUT2D eigenvalue weighted by molar-refractivity contribution is 4.81. The van der Waals surface area contributed by atoms with Gasteiger partial charge in [0.1, 0.15) is 0 Å². The zero-order chi connectivity index (χ0) is 7.98. The molecular formula is C7H14N2O. The number of aryl methyl sites for hydroxylation is 2. The minimum atomic E-state index is 0.641. The molecule has 0 aliphatic heterocycles. The van der Waals surface area contributed by atoms with Crippen molar-refractivity contribution in [3.8, 4) is 0 Å². The van der Waals surface area contributed by atoms with Gasteiger partial charge in [-0.1, -0.05) is 25.9 Å². The van der Waals surface area contributed by atoms with Gasteiger partial charge in [-0.05, 0) is 0 Å². The molecule has 3 heteroatoms. The van der Waals surface area contributed by atoms with Crippen LogP contribution in [0, 0.1) is 6.92 Å². The summed E-state index contributed by atoms with van der Waals surface area (Å²) in [4.78, 5) is 3.95. The van der Waals surface area contributed by atoms with Crippen LogP contribution in [0.5, 0.6) is 0 Å². The molecule has 0 fully saturated rings. The molecule has 10 heavy (non-hydrogen) atoms. The topological polar surface area (TPSA) is 38.9 Å². The molecule has 1 aromatic heterocycles.